The number of aromatic nitrogens is 1. The molecule has 4 heteroatoms. The molecule has 0 spiro atoms. The molecule has 0 fully saturated rings. The van der Waals surface area contributed by atoms with E-state index in [-0.39, 0.29) is 10.7 Å². The van der Waals surface area contributed by atoms with Gasteiger partial charge in [0.15, 0.2) is 0 Å². The Hall–Kier alpha value is -0.700. The molecule has 0 radical (unpaired) electrons. The molecule has 60 valence electrons. The molecule has 0 saturated heterocycles. The van der Waals surface area contributed by atoms with Gasteiger partial charge < -0.3 is 0 Å². The molecule has 0 aliphatic carbocycles. The summed E-state index contributed by atoms with van der Waals surface area (Å²) in [6.07, 6.45) is -2.48. The standard InChI is InChI=1S/C7H6ClF2N/c1-4-2-5(7(9)10)3-6(8)11-4/h2-3,7H,1H3. The summed E-state index contributed by atoms with van der Waals surface area (Å²) in [5, 5.41) is 0.111. The lowest BCUT2D eigenvalue weighted by Crippen LogP contribution is -1.88. The molecule has 0 atom stereocenters. The zero-order chi connectivity index (χ0) is 8.43. The molecule has 1 aromatic rings. The summed E-state index contributed by atoms with van der Waals surface area (Å²) in [4.78, 5) is 3.75. The van der Waals surface area contributed by atoms with Gasteiger partial charge in [-0.15, -0.1) is 0 Å². The third-order valence-corrected chi connectivity index (χ3v) is 1.39. The fourth-order valence-corrected chi connectivity index (χ4v) is 1.04. The summed E-state index contributed by atoms with van der Waals surface area (Å²) >= 11 is 5.45. The van der Waals surface area contributed by atoms with Crippen molar-refractivity contribution in [2.45, 2.75) is 13.3 Å². The van der Waals surface area contributed by atoms with Gasteiger partial charge in [0.25, 0.3) is 6.43 Å². The topological polar surface area (TPSA) is 12.9 Å². The van der Waals surface area contributed by atoms with E-state index in [4.69, 9.17) is 11.6 Å². The first-order valence-corrected chi connectivity index (χ1v) is 3.39. The Bertz CT molecular complexity index is 242. The highest BCUT2D eigenvalue weighted by Gasteiger charge is 2.08. The minimum atomic E-state index is -2.48. The van der Waals surface area contributed by atoms with E-state index < -0.39 is 6.43 Å². The molecule has 1 heterocycles. The molecule has 11 heavy (non-hydrogen) atoms. The molecule has 0 N–H and O–H groups in total. The highest BCUT2D eigenvalue weighted by molar-refractivity contribution is 6.29. The lowest BCUT2D eigenvalue weighted by atomic mass is 10.2. The van der Waals surface area contributed by atoms with Crippen LogP contribution < -0.4 is 0 Å². The molecule has 0 aromatic carbocycles. The van der Waals surface area contributed by atoms with Crippen molar-refractivity contribution in [3.05, 3.63) is 28.5 Å². The Morgan fingerprint density at radius 3 is 2.55 bits per heavy atom. The van der Waals surface area contributed by atoms with E-state index in [0.717, 1.165) is 0 Å². The second-order valence-electron chi connectivity index (χ2n) is 2.17. The quantitative estimate of drug-likeness (QED) is 0.601. The maximum absolute atomic E-state index is 12.0. The fraction of sp³-hybridized carbons (Fsp3) is 0.286. The number of rotatable bonds is 1. The second-order valence-corrected chi connectivity index (χ2v) is 2.55. The van der Waals surface area contributed by atoms with Crippen LogP contribution in [0.1, 0.15) is 17.7 Å². The first-order valence-electron chi connectivity index (χ1n) is 3.02. The number of halogens is 3. The maximum Gasteiger partial charge on any atom is 0.264 e. The largest absolute Gasteiger partial charge is 0.264 e. The van der Waals surface area contributed by atoms with Gasteiger partial charge in [0.05, 0.1) is 0 Å². The summed E-state index contributed by atoms with van der Waals surface area (Å²) in [6, 6.07) is 2.48. The van der Waals surface area contributed by atoms with Gasteiger partial charge in [0, 0.05) is 11.3 Å². The van der Waals surface area contributed by atoms with Gasteiger partial charge in [-0.1, -0.05) is 11.6 Å². The van der Waals surface area contributed by atoms with Gasteiger partial charge >= 0.3 is 0 Å². The highest BCUT2D eigenvalue weighted by Crippen LogP contribution is 2.21. The zero-order valence-electron chi connectivity index (χ0n) is 5.81. The normalized spacial score (nSPS) is 10.6. The van der Waals surface area contributed by atoms with E-state index in [9.17, 15) is 8.78 Å². The molecule has 0 bridgehead atoms. The second kappa shape index (κ2) is 3.13. The van der Waals surface area contributed by atoms with E-state index in [1.807, 2.05) is 0 Å². The molecule has 1 aromatic heterocycles. The van der Waals surface area contributed by atoms with Gasteiger partial charge in [0.1, 0.15) is 5.15 Å². The van der Waals surface area contributed by atoms with Gasteiger partial charge in [-0.05, 0) is 19.1 Å². The summed E-state index contributed by atoms with van der Waals surface area (Å²) < 4.78 is 24.1. The number of hydrogen-bond donors (Lipinski definition) is 0. The van der Waals surface area contributed by atoms with Crippen molar-refractivity contribution in [3.63, 3.8) is 0 Å². The van der Waals surface area contributed by atoms with Crippen LogP contribution in [0.5, 0.6) is 0 Å². The molecule has 0 unspecified atom stereocenters. The van der Waals surface area contributed by atoms with Crippen molar-refractivity contribution in [3.8, 4) is 0 Å². The predicted molar refractivity (Wildman–Crippen MR) is 38.9 cm³/mol. The van der Waals surface area contributed by atoms with Crippen LogP contribution in [0.25, 0.3) is 0 Å². The molecule has 1 nitrogen and oxygen atoms in total. The molecule has 0 amide bonds. The van der Waals surface area contributed by atoms with E-state index in [2.05, 4.69) is 4.98 Å². The van der Waals surface area contributed by atoms with Crippen LogP contribution in [0.4, 0.5) is 8.78 Å². The van der Waals surface area contributed by atoms with E-state index >= 15 is 0 Å². The van der Waals surface area contributed by atoms with Crippen LogP contribution in [0.3, 0.4) is 0 Å². The monoisotopic (exact) mass is 177 g/mol. The average molecular weight is 178 g/mol. The zero-order valence-corrected chi connectivity index (χ0v) is 6.57. The number of nitrogens with zero attached hydrogens (tertiary/aromatic N) is 1. The molecule has 0 aliphatic rings. The number of hydrogen-bond acceptors (Lipinski definition) is 1. The minimum absolute atomic E-state index is 0.0810. The van der Waals surface area contributed by atoms with Crippen LogP contribution >= 0.6 is 11.6 Å². The lowest BCUT2D eigenvalue weighted by molar-refractivity contribution is 0.151. The van der Waals surface area contributed by atoms with Crippen molar-refractivity contribution >= 4 is 11.6 Å². The first-order chi connectivity index (χ1) is 5.09. The third-order valence-electron chi connectivity index (χ3n) is 1.20. The first kappa shape index (κ1) is 8.40. The predicted octanol–water partition coefficient (Wildman–Crippen LogP) is 2.98. The Morgan fingerprint density at radius 2 is 2.09 bits per heavy atom. The summed E-state index contributed by atoms with van der Waals surface area (Å²) in [7, 11) is 0. The van der Waals surface area contributed by atoms with Crippen LogP contribution in [-0.4, -0.2) is 4.98 Å². The Balaban J connectivity index is 3.08. The van der Waals surface area contributed by atoms with Crippen molar-refractivity contribution < 1.29 is 8.78 Å². The summed E-state index contributed by atoms with van der Waals surface area (Å²) in [5.74, 6) is 0. The van der Waals surface area contributed by atoms with Gasteiger partial charge in [-0.25, -0.2) is 13.8 Å². The molecular formula is C7H6ClF2N. The van der Waals surface area contributed by atoms with Gasteiger partial charge in [0.2, 0.25) is 0 Å². The van der Waals surface area contributed by atoms with Crippen LogP contribution in [0.15, 0.2) is 12.1 Å². The minimum Gasteiger partial charge on any atom is -0.241 e. The molecular weight excluding hydrogens is 172 g/mol. The maximum atomic E-state index is 12.0. The Morgan fingerprint density at radius 1 is 1.45 bits per heavy atom. The molecule has 1 rings (SSSR count). The highest BCUT2D eigenvalue weighted by atomic mass is 35.5. The number of aryl methyl sites for hydroxylation is 1. The van der Waals surface area contributed by atoms with E-state index in [0.29, 0.717) is 5.69 Å². The van der Waals surface area contributed by atoms with Crippen molar-refractivity contribution in [2.75, 3.05) is 0 Å². The third kappa shape index (κ3) is 2.12. The van der Waals surface area contributed by atoms with Gasteiger partial charge in [-0.3, -0.25) is 0 Å². The van der Waals surface area contributed by atoms with Crippen molar-refractivity contribution in [2.24, 2.45) is 0 Å². The Kier molecular flexibility index (Phi) is 2.39. The molecule has 0 saturated carbocycles. The van der Waals surface area contributed by atoms with Crippen molar-refractivity contribution in [1.82, 2.24) is 4.98 Å². The summed E-state index contributed by atoms with van der Waals surface area (Å²) in [6.45, 7) is 1.62. The van der Waals surface area contributed by atoms with Crippen LogP contribution in [-0.2, 0) is 0 Å². The fourth-order valence-electron chi connectivity index (χ4n) is 0.779. The van der Waals surface area contributed by atoms with Crippen LogP contribution in [0.2, 0.25) is 5.15 Å². The number of pyridine rings is 1. The van der Waals surface area contributed by atoms with Crippen molar-refractivity contribution in [1.29, 1.82) is 0 Å². The average Bonchev–Trinajstić information content (AvgIpc) is 1.85. The van der Waals surface area contributed by atoms with Crippen LogP contribution in [0, 0.1) is 6.92 Å². The smallest absolute Gasteiger partial charge is 0.241 e. The lowest BCUT2D eigenvalue weighted by Gasteiger charge is -2.00. The van der Waals surface area contributed by atoms with E-state index in [1.54, 1.807) is 6.92 Å². The Labute approximate surface area is 68.0 Å². The molecule has 0 aliphatic heterocycles. The SMILES string of the molecule is Cc1cc(C(F)F)cc(Cl)n1. The van der Waals surface area contributed by atoms with Gasteiger partial charge in [-0.2, -0.15) is 0 Å². The van der Waals surface area contributed by atoms with E-state index in [1.165, 1.54) is 12.1 Å². The number of alkyl halides is 2. The summed E-state index contributed by atoms with van der Waals surface area (Å²) in [5.41, 5.74) is 0.426.